The standard InChI is InChI=1S/C16H28N2O2/c1-3-8-17-12-16(7-5-9-19-14-16)13-18(2)11-15-6-4-10-20-15/h4,6,10,17H,3,5,7-9,11-14H2,1-2H3. The van der Waals surface area contributed by atoms with Crippen molar-refractivity contribution in [2.45, 2.75) is 32.7 Å². The molecule has 1 N–H and O–H groups in total. The second-order valence-electron chi connectivity index (χ2n) is 6.08. The van der Waals surface area contributed by atoms with E-state index in [9.17, 15) is 0 Å². The number of furan rings is 1. The van der Waals surface area contributed by atoms with Crippen molar-refractivity contribution in [3.05, 3.63) is 24.2 Å². The summed E-state index contributed by atoms with van der Waals surface area (Å²) in [5.41, 5.74) is 0.245. The molecule has 0 radical (unpaired) electrons. The van der Waals surface area contributed by atoms with Crippen molar-refractivity contribution in [1.82, 2.24) is 10.2 Å². The molecule has 0 saturated carbocycles. The zero-order valence-electron chi connectivity index (χ0n) is 12.9. The molecule has 0 bridgehead atoms. The summed E-state index contributed by atoms with van der Waals surface area (Å²) >= 11 is 0. The summed E-state index contributed by atoms with van der Waals surface area (Å²) in [6, 6.07) is 3.99. The van der Waals surface area contributed by atoms with E-state index in [0.29, 0.717) is 0 Å². The maximum Gasteiger partial charge on any atom is 0.117 e. The molecule has 1 saturated heterocycles. The first kappa shape index (κ1) is 15.5. The first-order valence-electron chi connectivity index (χ1n) is 7.73. The van der Waals surface area contributed by atoms with Crippen molar-refractivity contribution in [1.29, 1.82) is 0 Å². The summed E-state index contributed by atoms with van der Waals surface area (Å²) < 4.78 is 11.2. The molecule has 4 heteroatoms. The van der Waals surface area contributed by atoms with Crippen molar-refractivity contribution < 1.29 is 9.15 Å². The van der Waals surface area contributed by atoms with Gasteiger partial charge in [0.05, 0.1) is 19.4 Å². The van der Waals surface area contributed by atoms with Crippen LogP contribution < -0.4 is 5.32 Å². The van der Waals surface area contributed by atoms with Gasteiger partial charge in [0.25, 0.3) is 0 Å². The minimum Gasteiger partial charge on any atom is -0.468 e. The Morgan fingerprint density at radius 1 is 1.45 bits per heavy atom. The van der Waals surface area contributed by atoms with Gasteiger partial charge in [-0.05, 0) is 45.0 Å². The number of rotatable bonds is 8. The Morgan fingerprint density at radius 2 is 2.35 bits per heavy atom. The van der Waals surface area contributed by atoms with Crippen LogP contribution in [0.3, 0.4) is 0 Å². The minimum absolute atomic E-state index is 0.245. The molecule has 2 heterocycles. The molecule has 2 rings (SSSR count). The third-order valence-electron chi connectivity index (χ3n) is 3.94. The van der Waals surface area contributed by atoms with Crippen molar-refractivity contribution >= 4 is 0 Å². The van der Waals surface area contributed by atoms with Crippen LogP contribution in [0.5, 0.6) is 0 Å². The van der Waals surface area contributed by atoms with Crippen LogP contribution >= 0.6 is 0 Å². The average Bonchev–Trinajstić information content (AvgIpc) is 2.92. The Labute approximate surface area is 122 Å². The van der Waals surface area contributed by atoms with Crippen LogP contribution in [0.1, 0.15) is 31.9 Å². The number of nitrogens with one attached hydrogen (secondary N) is 1. The van der Waals surface area contributed by atoms with E-state index in [1.807, 2.05) is 12.1 Å². The van der Waals surface area contributed by atoms with E-state index in [4.69, 9.17) is 9.15 Å². The molecule has 1 aromatic rings. The van der Waals surface area contributed by atoms with Crippen LogP contribution in [0.25, 0.3) is 0 Å². The lowest BCUT2D eigenvalue weighted by Gasteiger charge is -2.40. The number of hydrogen-bond acceptors (Lipinski definition) is 4. The molecule has 1 aromatic heterocycles. The average molecular weight is 280 g/mol. The first-order valence-corrected chi connectivity index (χ1v) is 7.73. The highest BCUT2D eigenvalue weighted by Gasteiger charge is 2.33. The first-order chi connectivity index (χ1) is 9.74. The Hall–Kier alpha value is -0.840. The van der Waals surface area contributed by atoms with E-state index in [1.165, 1.54) is 19.3 Å². The highest BCUT2D eigenvalue weighted by atomic mass is 16.5. The second-order valence-corrected chi connectivity index (χ2v) is 6.08. The number of nitrogens with zero attached hydrogens (tertiary/aromatic N) is 1. The van der Waals surface area contributed by atoms with Gasteiger partial charge in [0.2, 0.25) is 0 Å². The van der Waals surface area contributed by atoms with E-state index < -0.39 is 0 Å². The summed E-state index contributed by atoms with van der Waals surface area (Å²) in [7, 11) is 2.17. The third kappa shape index (κ3) is 4.62. The molecular formula is C16H28N2O2. The second kappa shape index (κ2) is 7.81. The van der Waals surface area contributed by atoms with Gasteiger partial charge in [-0.15, -0.1) is 0 Å². The van der Waals surface area contributed by atoms with E-state index in [2.05, 4.69) is 24.2 Å². The summed E-state index contributed by atoms with van der Waals surface area (Å²) in [5, 5.41) is 3.58. The predicted molar refractivity (Wildman–Crippen MR) is 80.7 cm³/mol. The fourth-order valence-corrected chi connectivity index (χ4v) is 3.06. The molecule has 0 aromatic carbocycles. The molecule has 1 atom stereocenters. The zero-order chi connectivity index (χ0) is 14.3. The SMILES string of the molecule is CCCNCC1(CN(C)Cc2ccco2)CCCOC1. The summed E-state index contributed by atoms with van der Waals surface area (Å²) in [6.07, 6.45) is 5.33. The molecule has 0 amide bonds. The smallest absolute Gasteiger partial charge is 0.117 e. The van der Waals surface area contributed by atoms with Gasteiger partial charge in [0, 0.05) is 25.1 Å². The topological polar surface area (TPSA) is 37.6 Å². The monoisotopic (exact) mass is 280 g/mol. The molecule has 4 nitrogen and oxygen atoms in total. The number of hydrogen-bond donors (Lipinski definition) is 1. The van der Waals surface area contributed by atoms with Crippen molar-refractivity contribution in [2.75, 3.05) is 39.9 Å². The predicted octanol–water partition coefficient (Wildman–Crippen LogP) is 2.51. The van der Waals surface area contributed by atoms with Gasteiger partial charge in [-0.2, -0.15) is 0 Å². The maximum absolute atomic E-state index is 5.76. The van der Waals surface area contributed by atoms with E-state index >= 15 is 0 Å². The summed E-state index contributed by atoms with van der Waals surface area (Å²) in [4.78, 5) is 2.35. The van der Waals surface area contributed by atoms with Crippen LogP contribution in [-0.2, 0) is 11.3 Å². The third-order valence-corrected chi connectivity index (χ3v) is 3.94. The molecule has 114 valence electrons. The Kier molecular flexibility index (Phi) is 6.07. The van der Waals surface area contributed by atoms with Gasteiger partial charge in [-0.1, -0.05) is 6.92 Å². The van der Waals surface area contributed by atoms with Gasteiger partial charge in [0.15, 0.2) is 0 Å². The molecular weight excluding hydrogens is 252 g/mol. The normalized spacial score (nSPS) is 23.4. The van der Waals surface area contributed by atoms with Gasteiger partial charge in [-0.25, -0.2) is 0 Å². The van der Waals surface area contributed by atoms with Crippen LogP contribution in [0.4, 0.5) is 0 Å². The van der Waals surface area contributed by atoms with E-state index in [1.54, 1.807) is 6.26 Å². The van der Waals surface area contributed by atoms with Gasteiger partial charge in [0.1, 0.15) is 5.76 Å². The Bertz CT molecular complexity index is 359. The fraction of sp³-hybridized carbons (Fsp3) is 0.750. The fourth-order valence-electron chi connectivity index (χ4n) is 3.06. The van der Waals surface area contributed by atoms with Crippen molar-refractivity contribution in [3.8, 4) is 0 Å². The van der Waals surface area contributed by atoms with Crippen LogP contribution in [-0.4, -0.2) is 44.8 Å². The molecule has 20 heavy (non-hydrogen) atoms. The van der Waals surface area contributed by atoms with Crippen molar-refractivity contribution in [2.24, 2.45) is 5.41 Å². The molecule has 1 aliphatic rings. The minimum atomic E-state index is 0.245. The maximum atomic E-state index is 5.76. The highest BCUT2D eigenvalue weighted by molar-refractivity contribution is 4.98. The summed E-state index contributed by atoms with van der Waals surface area (Å²) in [5.74, 6) is 1.03. The largest absolute Gasteiger partial charge is 0.468 e. The van der Waals surface area contributed by atoms with Crippen molar-refractivity contribution in [3.63, 3.8) is 0 Å². The lowest BCUT2D eigenvalue weighted by Crippen LogP contribution is -2.48. The lowest BCUT2D eigenvalue weighted by atomic mass is 9.81. The van der Waals surface area contributed by atoms with Gasteiger partial charge in [-0.3, -0.25) is 4.90 Å². The Balaban J connectivity index is 1.88. The quantitative estimate of drug-likeness (QED) is 0.743. The van der Waals surface area contributed by atoms with E-state index in [0.717, 1.165) is 45.2 Å². The molecule has 0 spiro atoms. The molecule has 1 fully saturated rings. The van der Waals surface area contributed by atoms with Gasteiger partial charge < -0.3 is 14.5 Å². The Morgan fingerprint density at radius 3 is 3.00 bits per heavy atom. The van der Waals surface area contributed by atoms with E-state index in [-0.39, 0.29) is 5.41 Å². The highest BCUT2D eigenvalue weighted by Crippen LogP contribution is 2.29. The van der Waals surface area contributed by atoms with Crippen LogP contribution in [0.15, 0.2) is 22.8 Å². The van der Waals surface area contributed by atoms with Gasteiger partial charge >= 0.3 is 0 Å². The number of ether oxygens (including phenoxy) is 1. The molecule has 1 aliphatic heterocycles. The molecule has 0 aliphatic carbocycles. The molecule has 1 unspecified atom stereocenters. The van der Waals surface area contributed by atoms with Crippen LogP contribution in [0.2, 0.25) is 0 Å². The zero-order valence-corrected chi connectivity index (χ0v) is 12.9. The lowest BCUT2D eigenvalue weighted by molar-refractivity contribution is -0.0242. The van der Waals surface area contributed by atoms with Crippen LogP contribution in [0, 0.1) is 5.41 Å². The summed E-state index contributed by atoms with van der Waals surface area (Å²) in [6.45, 7) is 8.03.